The summed E-state index contributed by atoms with van der Waals surface area (Å²) in [5.41, 5.74) is 6.06. The second kappa shape index (κ2) is 4.33. The Labute approximate surface area is 102 Å². The second-order valence-corrected chi connectivity index (χ2v) is 3.85. The summed E-state index contributed by atoms with van der Waals surface area (Å²) >= 11 is 0. The van der Waals surface area contributed by atoms with Crippen molar-refractivity contribution in [3.05, 3.63) is 57.3 Å². The summed E-state index contributed by atoms with van der Waals surface area (Å²) in [7, 11) is 0. The summed E-state index contributed by atoms with van der Waals surface area (Å²) in [5, 5.41) is 0. The van der Waals surface area contributed by atoms with Crippen molar-refractivity contribution in [1.29, 1.82) is 0 Å². The number of ketones is 1. The molecule has 0 radical (unpaired) electrons. The van der Waals surface area contributed by atoms with E-state index in [1.807, 2.05) is 0 Å². The molecule has 4 N–H and O–H groups in total. The van der Waals surface area contributed by atoms with Gasteiger partial charge in [0.1, 0.15) is 5.69 Å². The van der Waals surface area contributed by atoms with Crippen LogP contribution in [0.5, 0.6) is 0 Å². The minimum absolute atomic E-state index is 0.215. The predicted molar refractivity (Wildman–Crippen MR) is 64.5 cm³/mol. The Kier molecular flexibility index (Phi) is 2.85. The average Bonchev–Trinajstić information content (AvgIpc) is 2.67. The van der Waals surface area contributed by atoms with Crippen LogP contribution in [-0.2, 0) is 0 Å². The molecule has 0 spiro atoms. The van der Waals surface area contributed by atoms with Crippen LogP contribution in [0.4, 0.5) is 0 Å². The number of carbonyl (C=O) groups is 2. The Balaban J connectivity index is 2.37. The van der Waals surface area contributed by atoms with Crippen LogP contribution in [0.2, 0.25) is 0 Å². The lowest BCUT2D eigenvalue weighted by Crippen LogP contribution is -2.11. The quantitative estimate of drug-likeness (QED) is 0.678. The Morgan fingerprint density at radius 2 is 1.61 bits per heavy atom. The molecule has 0 unspecified atom stereocenters. The fourth-order valence-electron chi connectivity index (χ4n) is 1.63. The Bertz CT molecular complexity index is 665. The van der Waals surface area contributed by atoms with Crippen molar-refractivity contribution in [3.63, 3.8) is 0 Å². The van der Waals surface area contributed by atoms with Crippen molar-refractivity contribution in [2.45, 2.75) is 6.92 Å². The van der Waals surface area contributed by atoms with E-state index >= 15 is 0 Å². The summed E-state index contributed by atoms with van der Waals surface area (Å²) in [6.07, 6.45) is 0. The highest BCUT2D eigenvalue weighted by molar-refractivity contribution is 6.08. The molecule has 1 aromatic heterocycles. The maximum Gasteiger partial charge on any atom is 0.323 e. The molecule has 0 saturated carbocycles. The number of hydrogen-bond acceptors (Lipinski definition) is 3. The monoisotopic (exact) mass is 245 g/mol. The molecule has 0 fully saturated rings. The minimum atomic E-state index is -0.555. The number of carbonyl (C=O) groups excluding carboxylic acids is 2. The van der Waals surface area contributed by atoms with Gasteiger partial charge in [0, 0.05) is 16.8 Å². The third-order valence-corrected chi connectivity index (χ3v) is 2.57. The van der Waals surface area contributed by atoms with E-state index in [0.717, 1.165) is 0 Å². The summed E-state index contributed by atoms with van der Waals surface area (Å²) in [6.45, 7) is 1.63. The van der Waals surface area contributed by atoms with Crippen LogP contribution in [0.15, 0.2) is 29.1 Å². The number of rotatable bonds is 3. The van der Waals surface area contributed by atoms with Crippen LogP contribution in [0, 0.1) is 6.92 Å². The topological polar surface area (TPSA) is 109 Å². The lowest BCUT2D eigenvalue weighted by molar-refractivity contribution is 0.0996. The molecule has 1 amide bonds. The van der Waals surface area contributed by atoms with Gasteiger partial charge in [-0.15, -0.1) is 0 Å². The Morgan fingerprint density at radius 1 is 1.06 bits per heavy atom. The third kappa shape index (κ3) is 2.08. The van der Waals surface area contributed by atoms with Crippen molar-refractivity contribution < 1.29 is 9.59 Å². The normalized spacial score (nSPS) is 10.3. The molecule has 1 aromatic carbocycles. The molecule has 0 atom stereocenters. The average molecular weight is 245 g/mol. The van der Waals surface area contributed by atoms with E-state index in [9.17, 15) is 14.4 Å². The highest BCUT2D eigenvalue weighted by atomic mass is 16.2. The number of aryl methyl sites for hydroxylation is 1. The molecule has 0 saturated heterocycles. The van der Waals surface area contributed by atoms with E-state index in [0.29, 0.717) is 16.8 Å². The summed E-state index contributed by atoms with van der Waals surface area (Å²) in [4.78, 5) is 38.9. The molecule has 0 bridgehead atoms. The maximum absolute atomic E-state index is 12.1. The summed E-state index contributed by atoms with van der Waals surface area (Å²) in [6, 6.07) is 5.92. The van der Waals surface area contributed by atoms with Crippen molar-refractivity contribution in [2.75, 3.05) is 0 Å². The van der Waals surface area contributed by atoms with Crippen LogP contribution in [0.1, 0.15) is 32.1 Å². The van der Waals surface area contributed by atoms with E-state index in [-0.39, 0.29) is 11.5 Å². The molecule has 1 heterocycles. The molecule has 92 valence electrons. The largest absolute Gasteiger partial charge is 0.366 e. The van der Waals surface area contributed by atoms with Crippen molar-refractivity contribution >= 4 is 11.7 Å². The summed E-state index contributed by atoms with van der Waals surface area (Å²) < 4.78 is 0. The van der Waals surface area contributed by atoms with Gasteiger partial charge >= 0.3 is 5.69 Å². The molecular weight excluding hydrogens is 234 g/mol. The van der Waals surface area contributed by atoms with Gasteiger partial charge < -0.3 is 15.7 Å². The van der Waals surface area contributed by atoms with Gasteiger partial charge in [-0.25, -0.2) is 4.79 Å². The van der Waals surface area contributed by atoms with E-state index < -0.39 is 11.6 Å². The number of benzene rings is 1. The van der Waals surface area contributed by atoms with Gasteiger partial charge in [0.15, 0.2) is 0 Å². The number of hydrogen-bond donors (Lipinski definition) is 3. The van der Waals surface area contributed by atoms with E-state index in [1.54, 1.807) is 6.92 Å². The molecule has 2 aromatic rings. The first-order chi connectivity index (χ1) is 8.49. The van der Waals surface area contributed by atoms with Crippen LogP contribution < -0.4 is 11.4 Å². The molecule has 18 heavy (non-hydrogen) atoms. The van der Waals surface area contributed by atoms with Gasteiger partial charge in [-0.1, -0.05) is 12.1 Å². The molecule has 6 nitrogen and oxygen atoms in total. The molecule has 0 aliphatic carbocycles. The molecule has 0 aliphatic rings. The van der Waals surface area contributed by atoms with Gasteiger partial charge in [0.25, 0.3) is 0 Å². The maximum atomic E-state index is 12.1. The Hall–Kier alpha value is -2.63. The van der Waals surface area contributed by atoms with E-state index in [1.165, 1.54) is 24.3 Å². The van der Waals surface area contributed by atoms with Crippen molar-refractivity contribution in [1.82, 2.24) is 9.97 Å². The van der Waals surface area contributed by atoms with E-state index in [2.05, 4.69) is 9.97 Å². The van der Waals surface area contributed by atoms with Gasteiger partial charge in [0.05, 0.1) is 0 Å². The minimum Gasteiger partial charge on any atom is -0.366 e. The number of aromatic amines is 2. The lowest BCUT2D eigenvalue weighted by Gasteiger charge is -2.00. The van der Waals surface area contributed by atoms with Crippen LogP contribution in [-0.4, -0.2) is 21.7 Å². The zero-order valence-corrected chi connectivity index (χ0v) is 9.61. The first-order valence-electron chi connectivity index (χ1n) is 5.22. The zero-order valence-electron chi connectivity index (χ0n) is 9.61. The fourth-order valence-corrected chi connectivity index (χ4v) is 1.63. The summed E-state index contributed by atoms with van der Waals surface area (Å²) in [5.74, 6) is -0.873. The zero-order chi connectivity index (χ0) is 13.3. The van der Waals surface area contributed by atoms with Gasteiger partial charge in [-0.05, 0) is 19.1 Å². The number of nitrogens with one attached hydrogen (secondary N) is 2. The molecule has 0 aliphatic heterocycles. The lowest BCUT2D eigenvalue weighted by atomic mass is 10.1. The molecule has 2 rings (SSSR count). The highest BCUT2D eigenvalue weighted by Crippen LogP contribution is 2.10. The SMILES string of the molecule is Cc1[nH]c(=O)[nH]c1C(=O)c1ccc(C(N)=O)cc1. The number of nitrogens with two attached hydrogens (primary N) is 1. The third-order valence-electron chi connectivity index (χ3n) is 2.57. The van der Waals surface area contributed by atoms with E-state index in [4.69, 9.17) is 5.73 Å². The smallest absolute Gasteiger partial charge is 0.323 e. The number of primary amides is 1. The fraction of sp³-hybridized carbons (Fsp3) is 0.0833. The number of imidazole rings is 1. The van der Waals surface area contributed by atoms with Crippen LogP contribution in [0.3, 0.4) is 0 Å². The molecular formula is C12H11N3O3. The predicted octanol–water partition coefficient (Wildman–Crippen LogP) is 0.341. The molecule has 6 heteroatoms. The van der Waals surface area contributed by atoms with Gasteiger partial charge in [-0.2, -0.15) is 0 Å². The number of aromatic nitrogens is 2. The number of H-pyrrole nitrogens is 2. The Morgan fingerprint density at radius 3 is 2.06 bits per heavy atom. The highest BCUT2D eigenvalue weighted by Gasteiger charge is 2.14. The first kappa shape index (κ1) is 11.8. The van der Waals surface area contributed by atoms with Crippen molar-refractivity contribution in [3.8, 4) is 0 Å². The van der Waals surface area contributed by atoms with Gasteiger partial charge in [0.2, 0.25) is 11.7 Å². The first-order valence-corrected chi connectivity index (χ1v) is 5.22. The van der Waals surface area contributed by atoms with Crippen molar-refractivity contribution in [2.24, 2.45) is 5.73 Å². The van der Waals surface area contributed by atoms with Gasteiger partial charge in [-0.3, -0.25) is 9.59 Å². The van der Waals surface area contributed by atoms with Crippen LogP contribution in [0.25, 0.3) is 0 Å². The number of amides is 1. The van der Waals surface area contributed by atoms with Crippen LogP contribution >= 0.6 is 0 Å². The second-order valence-electron chi connectivity index (χ2n) is 3.85. The standard InChI is InChI=1S/C12H11N3O3/c1-6-9(15-12(18)14-6)10(16)7-2-4-8(5-3-7)11(13)17/h2-5H,1H3,(H2,13,17)(H2,14,15,18).